The predicted octanol–water partition coefficient (Wildman–Crippen LogP) is 3.63. The van der Waals surface area contributed by atoms with Gasteiger partial charge >= 0.3 is 0 Å². The highest BCUT2D eigenvalue weighted by molar-refractivity contribution is 7.92. The van der Waals surface area contributed by atoms with Gasteiger partial charge in [0.15, 0.2) is 0 Å². The monoisotopic (exact) mass is 457 g/mol. The van der Waals surface area contributed by atoms with Crippen LogP contribution in [0.2, 0.25) is 0 Å². The third-order valence-corrected chi connectivity index (χ3v) is 7.18. The minimum Gasteiger partial charge on any atom is -0.354 e. The molecular weight excluding hydrogens is 426 g/mol. The van der Waals surface area contributed by atoms with E-state index in [-0.39, 0.29) is 16.7 Å². The third-order valence-electron chi connectivity index (χ3n) is 5.80. The first-order valence-electron chi connectivity index (χ1n) is 11.0. The Bertz CT molecular complexity index is 1100. The van der Waals surface area contributed by atoms with Gasteiger partial charge in [0.1, 0.15) is 6.04 Å². The lowest BCUT2D eigenvalue weighted by Gasteiger charge is -2.24. The first-order chi connectivity index (χ1) is 15.2. The second-order valence-corrected chi connectivity index (χ2v) is 9.92. The zero-order valence-corrected chi connectivity index (χ0v) is 19.7. The quantitative estimate of drug-likeness (QED) is 0.592. The summed E-state index contributed by atoms with van der Waals surface area (Å²) in [6, 6.07) is 10.9. The Morgan fingerprint density at radius 2 is 1.88 bits per heavy atom. The molecule has 0 saturated carbocycles. The molecule has 172 valence electrons. The zero-order chi connectivity index (χ0) is 23.3. The number of nitrogens with zero attached hydrogens (tertiary/aromatic N) is 1. The number of rotatable bonds is 8. The number of aryl methyl sites for hydroxylation is 2. The molecule has 0 aliphatic carbocycles. The van der Waals surface area contributed by atoms with Crippen LogP contribution in [0.3, 0.4) is 0 Å². The van der Waals surface area contributed by atoms with E-state index in [1.54, 1.807) is 41.3 Å². The molecule has 2 amide bonds. The summed E-state index contributed by atoms with van der Waals surface area (Å²) in [5.41, 5.74) is 2.54. The Morgan fingerprint density at radius 1 is 1.09 bits per heavy atom. The van der Waals surface area contributed by atoms with E-state index < -0.39 is 16.1 Å². The highest BCUT2D eigenvalue weighted by Gasteiger charge is 2.34. The summed E-state index contributed by atoms with van der Waals surface area (Å²) < 4.78 is 28.2. The van der Waals surface area contributed by atoms with Crippen LogP contribution in [-0.2, 0) is 14.8 Å². The minimum absolute atomic E-state index is 0.129. The Labute approximate surface area is 190 Å². The van der Waals surface area contributed by atoms with Crippen LogP contribution in [0.15, 0.2) is 47.4 Å². The van der Waals surface area contributed by atoms with Gasteiger partial charge in [-0.15, -0.1) is 0 Å². The third kappa shape index (κ3) is 5.48. The summed E-state index contributed by atoms with van der Waals surface area (Å²) in [5.74, 6) is -0.402. The number of nitrogens with one attached hydrogen (secondary N) is 2. The molecule has 0 spiro atoms. The van der Waals surface area contributed by atoms with Crippen molar-refractivity contribution < 1.29 is 18.0 Å². The molecule has 8 heteroatoms. The summed E-state index contributed by atoms with van der Waals surface area (Å²) >= 11 is 0. The van der Waals surface area contributed by atoms with Crippen LogP contribution in [0, 0.1) is 13.8 Å². The van der Waals surface area contributed by atoms with Gasteiger partial charge in [-0.05, 0) is 74.6 Å². The molecule has 1 aliphatic rings. The second kappa shape index (κ2) is 10.2. The molecule has 1 heterocycles. The summed E-state index contributed by atoms with van der Waals surface area (Å²) in [5, 5.41) is 2.91. The van der Waals surface area contributed by atoms with Crippen LogP contribution < -0.4 is 10.0 Å². The topological polar surface area (TPSA) is 95.6 Å². The Balaban J connectivity index is 1.75. The largest absolute Gasteiger partial charge is 0.354 e. The summed E-state index contributed by atoms with van der Waals surface area (Å²) in [7, 11) is -3.79. The first-order valence-corrected chi connectivity index (χ1v) is 12.5. The fraction of sp³-hybridized carbons (Fsp3) is 0.417. The minimum atomic E-state index is -3.79. The fourth-order valence-electron chi connectivity index (χ4n) is 3.77. The van der Waals surface area contributed by atoms with E-state index in [1.807, 2.05) is 13.8 Å². The van der Waals surface area contributed by atoms with Gasteiger partial charge in [-0.1, -0.05) is 25.5 Å². The van der Waals surface area contributed by atoms with Gasteiger partial charge in [-0.25, -0.2) is 8.42 Å². The van der Waals surface area contributed by atoms with Gasteiger partial charge in [0, 0.05) is 24.3 Å². The molecule has 0 aromatic heterocycles. The van der Waals surface area contributed by atoms with Gasteiger partial charge in [0.2, 0.25) is 5.91 Å². The van der Waals surface area contributed by atoms with Crippen molar-refractivity contribution >= 4 is 27.5 Å². The van der Waals surface area contributed by atoms with E-state index in [0.29, 0.717) is 30.8 Å². The molecule has 0 bridgehead atoms. The first kappa shape index (κ1) is 23.8. The molecule has 3 rings (SSSR count). The second-order valence-electron chi connectivity index (χ2n) is 8.23. The van der Waals surface area contributed by atoms with Crippen LogP contribution >= 0.6 is 0 Å². The smallest absolute Gasteiger partial charge is 0.261 e. The maximum atomic E-state index is 13.1. The maximum absolute atomic E-state index is 13.1. The number of benzene rings is 2. The molecule has 2 N–H and O–H groups in total. The van der Waals surface area contributed by atoms with E-state index in [2.05, 4.69) is 17.0 Å². The average Bonchev–Trinajstić information content (AvgIpc) is 3.25. The normalized spacial score (nSPS) is 16.1. The van der Waals surface area contributed by atoms with Gasteiger partial charge in [-0.2, -0.15) is 0 Å². The molecule has 1 aliphatic heterocycles. The lowest BCUT2D eigenvalue weighted by molar-refractivity contribution is -0.124. The molecule has 0 unspecified atom stereocenters. The number of anilines is 1. The Hall–Kier alpha value is -2.87. The van der Waals surface area contributed by atoms with Crippen molar-refractivity contribution in [3.8, 4) is 0 Å². The summed E-state index contributed by atoms with van der Waals surface area (Å²) in [4.78, 5) is 27.4. The van der Waals surface area contributed by atoms with Crippen molar-refractivity contribution in [2.75, 3.05) is 17.8 Å². The number of unbranched alkanes of at least 4 members (excludes halogenated alkanes) is 1. The number of hydrogen-bond acceptors (Lipinski definition) is 4. The number of amides is 2. The molecule has 2 aromatic rings. The van der Waals surface area contributed by atoms with Gasteiger partial charge in [-0.3, -0.25) is 14.3 Å². The van der Waals surface area contributed by atoms with Crippen molar-refractivity contribution in [3.63, 3.8) is 0 Å². The van der Waals surface area contributed by atoms with Crippen molar-refractivity contribution in [2.24, 2.45) is 0 Å². The van der Waals surface area contributed by atoms with Crippen LogP contribution in [0.25, 0.3) is 0 Å². The molecule has 0 radical (unpaired) electrons. The van der Waals surface area contributed by atoms with E-state index in [1.165, 1.54) is 6.07 Å². The van der Waals surface area contributed by atoms with Crippen molar-refractivity contribution in [1.29, 1.82) is 0 Å². The average molecular weight is 458 g/mol. The maximum Gasteiger partial charge on any atom is 0.261 e. The fourth-order valence-corrected chi connectivity index (χ4v) is 4.90. The number of likely N-dealkylation sites (tertiary alicyclic amines) is 1. The van der Waals surface area contributed by atoms with Crippen LogP contribution in [0.1, 0.15) is 54.1 Å². The van der Waals surface area contributed by atoms with Crippen molar-refractivity contribution in [1.82, 2.24) is 10.2 Å². The van der Waals surface area contributed by atoms with Gasteiger partial charge in [0.25, 0.3) is 15.9 Å². The van der Waals surface area contributed by atoms with Crippen LogP contribution in [0.5, 0.6) is 0 Å². The predicted molar refractivity (Wildman–Crippen MR) is 125 cm³/mol. The van der Waals surface area contributed by atoms with E-state index in [9.17, 15) is 18.0 Å². The number of sulfonamides is 1. The van der Waals surface area contributed by atoms with Crippen molar-refractivity contribution in [2.45, 2.75) is 57.4 Å². The molecule has 1 fully saturated rings. The lowest BCUT2D eigenvalue weighted by atomic mass is 10.1. The highest BCUT2D eigenvalue weighted by Crippen LogP contribution is 2.23. The number of carbonyl (C=O) groups excluding carboxylic acids is 2. The highest BCUT2D eigenvalue weighted by atomic mass is 32.2. The standard InChI is InChI=1S/C24H31N3O4S/c1-4-5-13-25-23(28)22-10-7-14-27(22)24(29)19-8-6-9-20(16-19)26-32(30,31)21-12-11-17(2)18(3)15-21/h6,8-9,11-12,15-16,22,26H,4-5,7,10,13-14H2,1-3H3,(H,25,28)/t22-/m1/s1. The van der Waals surface area contributed by atoms with E-state index >= 15 is 0 Å². The number of hydrogen-bond donors (Lipinski definition) is 2. The van der Waals surface area contributed by atoms with E-state index in [0.717, 1.165) is 30.4 Å². The SMILES string of the molecule is CCCCNC(=O)[C@H]1CCCN1C(=O)c1cccc(NS(=O)(=O)c2ccc(C)c(C)c2)c1. The van der Waals surface area contributed by atoms with Crippen LogP contribution in [0.4, 0.5) is 5.69 Å². The zero-order valence-electron chi connectivity index (χ0n) is 18.8. The van der Waals surface area contributed by atoms with Crippen LogP contribution in [-0.4, -0.2) is 44.3 Å². The Kier molecular flexibility index (Phi) is 7.56. The summed E-state index contributed by atoms with van der Waals surface area (Å²) in [6.45, 7) is 6.94. The molecule has 32 heavy (non-hydrogen) atoms. The van der Waals surface area contributed by atoms with E-state index in [4.69, 9.17) is 0 Å². The molecular formula is C24H31N3O4S. The molecule has 2 aromatic carbocycles. The summed E-state index contributed by atoms with van der Waals surface area (Å²) in [6.07, 6.45) is 3.27. The molecule has 1 atom stereocenters. The van der Waals surface area contributed by atoms with Gasteiger partial charge < -0.3 is 10.2 Å². The molecule has 1 saturated heterocycles. The van der Waals surface area contributed by atoms with Crippen molar-refractivity contribution in [3.05, 3.63) is 59.2 Å². The Morgan fingerprint density at radius 3 is 2.59 bits per heavy atom. The lowest BCUT2D eigenvalue weighted by Crippen LogP contribution is -2.46. The van der Waals surface area contributed by atoms with Gasteiger partial charge in [0.05, 0.1) is 4.90 Å². The number of carbonyl (C=O) groups is 2. The molecule has 7 nitrogen and oxygen atoms in total.